The number of alkyl halides is 3. The Morgan fingerprint density at radius 1 is 1.07 bits per heavy atom. The summed E-state index contributed by atoms with van der Waals surface area (Å²) in [5.41, 5.74) is 2.24. The summed E-state index contributed by atoms with van der Waals surface area (Å²) in [5.74, 6) is -1.46. The molecule has 0 aliphatic heterocycles. The highest BCUT2D eigenvalue weighted by molar-refractivity contribution is 7.98. The molecule has 13 heteroatoms. The van der Waals surface area contributed by atoms with E-state index in [4.69, 9.17) is 14.2 Å². The van der Waals surface area contributed by atoms with Crippen LogP contribution in [0, 0.1) is 0 Å². The van der Waals surface area contributed by atoms with Gasteiger partial charge in [-0.15, -0.1) is 11.8 Å². The maximum absolute atomic E-state index is 13.3. The van der Waals surface area contributed by atoms with Crippen LogP contribution in [0.5, 0.6) is 17.2 Å². The van der Waals surface area contributed by atoms with Crippen LogP contribution in [0.15, 0.2) is 34.0 Å². The lowest BCUT2D eigenvalue weighted by Crippen LogP contribution is -2.51. The van der Waals surface area contributed by atoms with E-state index in [-0.39, 0.29) is 11.8 Å². The minimum atomic E-state index is -5.14. The summed E-state index contributed by atoms with van der Waals surface area (Å²) < 4.78 is 55.8. The van der Waals surface area contributed by atoms with E-state index in [0.717, 1.165) is 5.56 Å². The Hall–Kier alpha value is -3.06. The number of hydrogen-bond acceptors (Lipinski definition) is 8. The average Bonchev–Trinajstić information content (AvgIpc) is 3.17. The maximum atomic E-state index is 13.3. The molecule has 0 unspecified atom stereocenters. The van der Waals surface area contributed by atoms with E-state index < -0.39 is 30.1 Å². The molecular weight excluding hydrogens is 569 g/mol. The monoisotopic (exact) mass is 600 g/mol. The molecule has 2 aromatic rings. The van der Waals surface area contributed by atoms with E-state index in [1.54, 1.807) is 30.7 Å². The third kappa shape index (κ3) is 6.80. The number of halogens is 3. The van der Waals surface area contributed by atoms with Crippen LogP contribution in [0.4, 0.5) is 13.2 Å². The van der Waals surface area contributed by atoms with E-state index in [2.05, 4.69) is 5.32 Å². The number of benzene rings is 1. The van der Waals surface area contributed by atoms with Crippen LogP contribution in [0.25, 0.3) is 11.1 Å². The number of methoxy groups -OCH3 is 3. The Labute approximate surface area is 238 Å². The average molecular weight is 601 g/mol. The molecule has 40 heavy (non-hydrogen) atoms. The molecular formula is C27H31F3N2O6S2. The third-order valence-corrected chi connectivity index (χ3v) is 7.95. The first-order valence-corrected chi connectivity index (χ1v) is 14.8. The van der Waals surface area contributed by atoms with Crippen LogP contribution < -0.4 is 30.3 Å². The van der Waals surface area contributed by atoms with Crippen LogP contribution in [0.3, 0.4) is 0 Å². The molecule has 0 heterocycles. The van der Waals surface area contributed by atoms with Crippen LogP contribution in [-0.2, 0) is 16.0 Å². The minimum Gasteiger partial charge on any atom is -0.493 e. The Morgan fingerprint density at radius 2 is 1.77 bits per heavy atom. The van der Waals surface area contributed by atoms with E-state index in [9.17, 15) is 27.6 Å². The topological polar surface area (TPSA) is 103 Å². The van der Waals surface area contributed by atoms with Crippen molar-refractivity contribution in [3.8, 4) is 28.4 Å². The van der Waals surface area contributed by atoms with E-state index in [0.29, 0.717) is 57.4 Å². The molecule has 8 nitrogen and oxygen atoms in total. The Balaban J connectivity index is 2.16. The van der Waals surface area contributed by atoms with Gasteiger partial charge in [0.15, 0.2) is 16.9 Å². The van der Waals surface area contributed by atoms with Crippen molar-refractivity contribution in [3.63, 3.8) is 0 Å². The quantitative estimate of drug-likeness (QED) is 0.388. The maximum Gasteiger partial charge on any atom is 0.471 e. The Kier molecular flexibility index (Phi) is 10.6. The van der Waals surface area contributed by atoms with Crippen molar-refractivity contribution in [3.05, 3.63) is 45.6 Å². The van der Waals surface area contributed by atoms with Crippen molar-refractivity contribution in [2.75, 3.05) is 39.6 Å². The summed E-state index contributed by atoms with van der Waals surface area (Å²) in [6.45, 7) is 0. The number of aryl methyl sites for hydroxylation is 1. The smallest absolute Gasteiger partial charge is 0.471 e. The number of nitrogens with one attached hydrogen (secondary N) is 2. The fraction of sp³-hybridized carbons (Fsp3) is 0.444. The van der Waals surface area contributed by atoms with Crippen molar-refractivity contribution >= 4 is 35.3 Å². The lowest BCUT2D eigenvalue weighted by molar-refractivity contribution is -0.174. The van der Waals surface area contributed by atoms with Crippen LogP contribution in [0.1, 0.15) is 30.0 Å². The van der Waals surface area contributed by atoms with E-state index >= 15 is 0 Å². The highest BCUT2D eigenvalue weighted by Crippen LogP contribution is 2.50. The number of carbonyl (C=O) groups excluding carboxylic acids is 2. The number of amides is 2. The number of ether oxygens (including phenoxy) is 3. The summed E-state index contributed by atoms with van der Waals surface area (Å²) in [4.78, 5) is 38.6. The molecule has 2 atom stereocenters. The number of fused-ring (bicyclic) bond motifs is 3. The summed E-state index contributed by atoms with van der Waals surface area (Å²) in [6.07, 6.45) is -0.919. The van der Waals surface area contributed by atoms with E-state index in [1.807, 2.05) is 5.32 Å². The fourth-order valence-electron chi connectivity index (χ4n) is 4.63. The molecule has 0 radical (unpaired) electrons. The zero-order valence-corrected chi connectivity index (χ0v) is 24.3. The molecule has 2 aromatic carbocycles. The largest absolute Gasteiger partial charge is 0.493 e. The fourth-order valence-corrected chi connectivity index (χ4v) is 5.57. The van der Waals surface area contributed by atoms with Gasteiger partial charge in [-0.2, -0.15) is 24.9 Å². The van der Waals surface area contributed by atoms with Gasteiger partial charge < -0.3 is 24.8 Å². The lowest BCUT2D eigenvalue weighted by atomic mass is 9.95. The van der Waals surface area contributed by atoms with Crippen molar-refractivity contribution in [2.45, 2.75) is 42.4 Å². The van der Waals surface area contributed by atoms with Crippen LogP contribution in [0.2, 0.25) is 0 Å². The van der Waals surface area contributed by atoms with Gasteiger partial charge in [0.2, 0.25) is 11.7 Å². The second kappa shape index (κ2) is 13.5. The van der Waals surface area contributed by atoms with Crippen LogP contribution in [-0.4, -0.2) is 63.6 Å². The molecule has 3 rings (SSSR count). The molecule has 0 aromatic heterocycles. The first kappa shape index (κ1) is 31.5. The zero-order chi connectivity index (χ0) is 29.6. The molecule has 1 aliphatic carbocycles. The molecule has 2 amide bonds. The predicted octanol–water partition coefficient (Wildman–Crippen LogP) is 4.37. The molecule has 1 aliphatic rings. The van der Waals surface area contributed by atoms with E-state index in [1.165, 1.54) is 50.9 Å². The first-order valence-electron chi connectivity index (χ1n) is 12.2. The molecule has 0 fully saturated rings. The standard InChI is InChI=1S/C27H31F3N2O6S2/c1-36-20-12-14-6-8-17(31-25(34)18(10-11-39-4)32-26(35)27(28,29)30)16-13-19(33)21(40-5)9-7-15(16)22(14)24(38-3)23(20)37-2/h7,9,12-13,17-18H,6,8,10-11H2,1-5H3,(H,31,34)(H,32,35)/t17-,18-/m0/s1. The molecule has 0 bridgehead atoms. The van der Waals surface area contributed by atoms with Gasteiger partial charge >= 0.3 is 12.1 Å². The van der Waals surface area contributed by atoms with Crippen molar-refractivity contribution < 1.29 is 37.0 Å². The summed E-state index contributed by atoms with van der Waals surface area (Å²) in [6, 6.07) is 4.50. The molecule has 2 N–H and O–H groups in total. The highest BCUT2D eigenvalue weighted by atomic mass is 32.2. The van der Waals surface area contributed by atoms with Gasteiger partial charge in [0.25, 0.3) is 0 Å². The normalized spacial score (nSPS) is 15.2. The lowest BCUT2D eigenvalue weighted by Gasteiger charge is -2.24. The van der Waals surface area contributed by atoms with Gasteiger partial charge in [-0.1, -0.05) is 6.07 Å². The SMILES string of the molecule is COc1cc2c(c(OC)c1OC)-c1ccc(SC)c(=O)cc1[C@@H](NC(=O)[C@H](CCSC)NC(=O)C(F)(F)F)CC2. The predicted molar refractivity (Wildman–Crippen MR) is 150 cm³/mol. The van der Waals surface area contributed by atoms with Crippen molar-refractivity contribution in [1.82, 2.24) is 10.6 Å². The van der Waals surface area contributed by atoms with Gasteiger partial charge in [0, 0.05) is 5.56 Å². The van der Waals surface area contributed by atoms with Gasteiger partial charge in [-0.05, 0) is 72.4 Å². The summed E-state index contributed by atoms with van der Waals surface area (Å²) in [7, 11) is 4.45. The van der Waals surface area contributed by atoms with Gasteiger partial charge in [0.05, 0.1) is 32.3 Å². The van der Waals surface area contributed by atoms with Gasteiger partial charge in [-0.25, -0.2) is 0 Å². The second-order valence-electron chi connectivity index (χ2n) is 8.86. The first-order chi connectivity index (χ1) is 19.0. The second-order valence-corrected chi connectivity index (χ2v) is 10.7. The van der Waals surface area contributed by atoms with Crippen LogP contribution >= 0.6 is 23.5 Å². The number of thioether (sulfide) groups is 2. The van der Waals surface area contributed by atoms with Crippen molar-refractivity contribution in [2.24, 2.45) is 0 Å². The summed E-state index contributed by atoms with van der Waals surface area (Å²) in [5, 5.41) is 4.62. The Bertz CT molecular complexity index is 1320. The van der Waals surface area contributed by atoms with Gasteiger partial charge in [-0.3, -0.25) is 14.4 Å². The number of rotatable bonds is 10. The molecule has 0 saturated heterocycles. The minimum absolute atomic E-state index is 0.0111. The molecule has 0 saturated carbocycles. The number of carbonyl (C=O) groups is 2. The Morgan fingerprint density at radius 3 is 2.35 bits per heavy atom. The molecule has 0 spiro atoms. The van der Waals surface area contributed by atoms with Gasteiger partial charge in [0.1, 0.15) is 6.04 Å². The molecule has 218 valence electrons. The highest BCUT2D eigenvalue weighted by Gasteiger charge is 2.41. The zero-order valence-electron chi connectivity index (χ0n) is 22.7. The third-order valence-electron chi connectivity index (χ3n) is 6.53. The number of hydrogen-bond donors (Lipinski definition) is 2. The van der Waals surface area contributed by atoms with Crippen molar-refractivity contribution in [1.29, 1.82) is 0 Å². The summed E-state index contributed by atoms with van der Waals surface area (Å²) >= 11 is 2.60.